The van der Waals surface area contributed by atoms with Gasteiger partial charge in [0.2, 0.25) is 5.91 Å². The number of nitrogens with one attached hydrogen (secondary N) is 1. The van der Waals surface area contributed by atoms with Crippen LogP contribution in [0.15, 0.2) is 0 Å². The fraction of sp³-hybridized carbons (Fsp3) is 0.909. The average molecular weight is 294 g/mol. The summed E-state index contributed by atoms with van der Waals surface area (Å²) in [7, 11) is 0. The summed E-state index contributed by atoms with van der Waals surface area (Å²) in [5.41, 5.74) is 0. The first kappa shape index (κ1) is 13.4. The molecule has 1 N–H and O–H groups in total. The van der Waals surface area contributed by atoms with Gasteiger partial charge in [-0.3, -0.25) is 4.79 Å². The highest BCUT2D eigenvalue weighted by atomic mass is 79.9. The van der Waals surface area contributed by atoms with Gasteiger partial charge < -0.3 is 5.32 Å². The zero-order valence-electron chi connectivity index (χ0n) is 9.35. The molecule has 0 bridgehead atoms. The van der Waals surface area contributed by atoms with Gasteiger partial charge in [-0.15, -0.1) is 0 Å². The maximum absolute atomic E-state index is 11.4. The molecule has 88 valence electrons. The molecule has 0 unspecified atom stereocenters. The molecule has 4 heteroatoms. The highest BCUT2D eigenvalue weighted by Crippen LogP contribution is 2.37. The lowest BCUT2D eigenvalue weighted by molar-refractivity contribution is -0.120. The van der Waals surface area contributed by atoms with E-state index in [2.05, 4.69) is 27.5 Å². The summed E-state index contributed by atoms with van der Waals surface area (Å²) < 4.78 is 0.320. The third kappa shape index (κ3) is 4.35. The third-order valence-corrected chi connectivity index (χ3v) is 4.94. The van der Waals surface area contributed by atoms with E-state index in [4.69, 9.17) is 0 Å². The van der Waals surface area contributed by atoms with Crippen molar-refractivity contribution >= 4 is 33.6 Å². The summed E-state index contributed by atoms with van der Waals surface area (Å²) in [5, 5.41) is 3.81. The van der Waals surface area contributed by atoms with E-state index >= 15 is 0 Å². The number of hydrogen-bond acceptors (Lipinski definition) is 2. The number of alkyl halides is 1. The molecule has 1 fully saturated rings. The summed E-state index contributed by atoms with van der Waals surface area (Å²) in [4.78, 5) is 11.4. The van der Waals surface area contributed by atoms with Crippen molar-refractivity contribution in [2.24, 2.45) is 0 Å². The van der Waals surface area contributed by atoms with Gasteiger partial charge in [0.15, 0.2) is 0 Å². The minimum atomic E-state index is 0.172. The Balaban J connectivity index is 2.35. The SMILES string of the molecule is CSC1(CNC(=O)CCBr)CCCCC1. The molecular weight excluding hydrogens is 274 g/mol. The standard InChI is InChI=1S/C11H20BrNOS/c1-15-11(6-3-2-4-7-11)9-13-10(14)5-8-12/h2-9H2,1H3,(H,13,14). The van der Waals surface area contributed by atoms with Crippen molar-refractivity contribution in [3.05, 3.63) is 0 Å². The lowest BCUT2D eigenvalue weighted by Crippen LogP contribution is -2.41. The van der Waals surface area contributed by atoms with Crippen LogP contribution in [0.25, 0.3) is 0 Å². The van der Waals surface area contributed by atoms with E-state index in [0.717, 1.165) is 11.9 Å². The lowest BCUT2D eigenvalue weighted by atomic mass is 9.88. The van der Waals surface area contributed by atoms with Crippen LogP contribution in [0.4, 0.5) is 0 Å². The van der Waals surface area contributed by atoms with E-state index in [1.165, 1.54) is 32.1 Å². The molecule has 1 rings (SSSR count). The highest BCUT2D eigenvalue weighted by Gasteiger charge is 2.31. The highest BCUT2D eigenvalue weighted by molar-refractivity contribution is 9.09. The van der Waals surface area contributed by atoms with Gasteiger partial charge in [-0.1, -0.05) is 35.2 Å². The molecule has 0 saturated heterocycles. The van der Waals surface area contributed by atoms with Gasteiger partial charge in [0.05, 0.1) is 0 Å². The van der Waals surface area contributed by atoms with Gasteiger partial charge >= 0.3 is 0 Å². The second-order valence-corrected chi connectivity index (χ2v) is 6.23. The predicted octanol–water partition coefficient (Wildman–Crippen LogP) is 2.95. The first-order chi connectivity index (χ1) is 7.22. The van der Waals surface area contributed by atoms with Crippen LogP contribution in [0.2, 0.25) is 0 Å². The summed E-state index contributed by atoms with van der Waals surface area (Å²) in [6.45, 7) is 0.847. The van der Waals surface area contributed by atoms with E-state index in [9.17, 15) is 4.79 Å². The molecule has 0 spiro atoms. The number of rotatable bonds is 5. The fourth-order valence-corrected chi connectivity index (χ4v) is 3.36. The number of carbonyl (C=O) groups is 1. The molecule has 0 aliphatic heterocycles. The molecule has 0 aromatic carbocycles. The maximum Gasteiger partial charge on any atom is 0.220 e. The van der Waals surface area contributed by atoms with Crippen molar-refractivity contribution in [3.8, 4) is 0 Å². The molecule has 1 aliphatic carbocycles. The molecule has 0 radical (unpaired) electrons. The van der Waals surface area contributed by atoms with Crippen LogP contribution in [-0.2, 0) is 4.79 Å². The Morgan fingerprint density at radius 2 is 2.07 bits per heavy atom. The minimum absolute atomic E-state index is 0.172. The van der Waals surface area contributed by atoms with Crippen molar-refractivity contribution in [1.29, 1.82) is 0 Å². The zero-order chi connectivity index (χ0) is 11.1. The largest absolute Gasteiger partial charge is 0.355 e. The number of carbonyl (C=O) groups excluding carboxylic acids is 1. The van der Waals surface area contributed by atoms with E-state index in [-0.39, 0.29) is 5.91 Å². The van der Waals surface area contributed by atoms with Crippen molar-refractivity contribution in [3.63, 3.8) is 0 Å². The maximum atomic E-state index is 11.4. The molecule has 1 amide bonds. The normalized spacial score (nSPS) is 19.9. The number of amides is 1. The Hall–Kier alpha value is 0.300. The third-order valence-electron chi connectivity index (χ3n) is 3.13. The van der Waals surface area contributed by atoms with E-state index in [0.29, 0.717) is 11.2 Å². The molecule has 1 saturated carbocycles. The molecule has 0 heterocycles. The van der Waals surface area contributed by atoms with Crippen molar-refractivity contribution in [2.75, 3.05) is 18.1 Å². The Morgan fingerprint density at radius 1 is 1.40 bits per heavy atom. The summed E-state index contributed by atoms with van der Waals surface area (Å²) in [6, 6.07) is 0. The second-order valence-electron chi connectivity index (χ2n) is 4.16. The Bertz CT molecular complexity index is 205. The number of halogens is 1. The van der Waals surface area contributed by atoms with Gasteiger partial charge in [-0.2, -0.15) is 11.8 Å². The van der Waals surface area contributed by atoms with Crippen LogP contribution in [0, 0.1) is 0 Å². The average Bonchev–Trinajstić information content (AvgIpc) is 2.28. The van der Waals surface area contributed by atoms with E-state index < -0.39 is 0 Å². The van der Waals surface area contributed by atoms with Crippen LogP contribution in [0.5, 0.6) is 0 Å². The van der Waals surface area contributed by atoms with Crippen LogP contribution >= 0.6 is 27.7 Å². The first-order valence-corrected chi connectivity index (χ1v) is 7.95. The molecule has 0 atom stereocenters. The second kappa shape index (κ2) is 6.79. The van der Waals surface area contributed by atoms with E-state index in [1.807, 2.05) is 11.8 Å². The molecule has 2 nitrogen and oxygen atoms in total. The summed E-state index contributed by atoms with van der Waals surface area (Å²) in [6.07, 6.45) is 9.25. The Kier molecular flexibility index (Phi) is 6.05. The number of thioether (sulfide) groups is 1. The fourth-order valence-electron chi connectivity index (χ4n) is 2.08. The monoisotopic (exact) mass is 293 g/mol. The van der Waals surface area contributed by atoms with Crippen LogP contribution in [0.3, 0.4) is 0 Å². The molecule has 0 aromatic heterocycles. The van der Waals surface area contributed by atoms with Crippen LogP contribution < -0.4 is 5.32 Å². The lowest BCUT2D eigenvalue weighted by Gasteiger charge is -2.35. The van der Waals surface area contributed by atoms with Gasteiger partial charge in [0.1, 0.15) is 0 Å². The molecule has 1 aliphatic rings. The van der Waals surface area contributed by atoms with Crippen LogP contribution in [0.1, 0.15) is 38.5 Å². The van der Waals surface area contributed by atoms with Gasteiger partial charge in [0.25, 0.3) is 0 Å². The van der Waals surface area contributed by atoms with Crippen molar-refractivity contribution < 1.29 is 4.79 Å². The minimum Gasteiger partial charge on any atom is -0.355 e. The molecule has 15 heavy (non-hydrogen) atoms. The number of hydrogen-bond donors (Lipinski definition) is 1. The Morgan fingerprint density at radius 3 is 2.60 bits per heavy atom. The summed E-state index contributed by atoms with van der Waals surface area (Å²) in [5.74, 6) is 0.172. The van der Waals surface area contributed by atoms with Crippen molar-refractivity contribution in [1.82, 2.24) is 5.32 Å². The quantitative estimate of drug-likeness (QED) is 0.790. The van der Waals surface area contributed by atoms with Crippen molar-refractivity contribution in [2.45, 2.75) is 43.3 Å². The van der Waals surface area contributed by atoms with Crippen LogP contribution in [-0.4, -0.2) is 28.8 Å². The molecular formula is C11H20BrNOS. The van der Waals surface area contributed by atoms with Gasteiger partial charge in [-0.25, -0.2) is 0 Å². The zero-order valence-corrected chi connectivity index (χ0v) is 11.8. The Labute approximate surface area is 105 Å². The summed E-state index contributed by atoms with van der Waals surface area (Å²) >= 11 is 5.21. The van der Waals surface area contributed by atoms with Gasteiger partial charge in [0, 0.05) is 23.0 Å². The first-order valence-electron chi connectivity index (χ1n) is 5.60. The smallest absolute Gasteiger partial charge is 0.220 e. The topological polar surface area (TPSA) is 29.1 Å². The van der Waals surface area contributed by atoms with E-state index in [1.54, 1.807) is 0 Å². The molecule has 0 aromatic rings. The predicted molar refractivity (Wildman–Crippen MR) is 70.8 cm³/mol. The van der Waals surface area contributed by atoms with Gasteiger partial charge in [-0.05, 0) is 19.1 Å².